The minimum absolute atomic E-state index is 0.114. The molecule has 0 aliphatic rings. The molecule has 0 saturated carbocycles. The lowest BCUT2D eigenvalue weighted by molar-refractivity contribution is 0.575. The number of hydrogen-bond acceptors (Lipinski definition) is 4. The second kappa shape index (κ2) is 3.72. The summed E-state index contributed by atoms with van der Waals surface area (Å²) in [5.74, 6) is 0. The van der Waals surface area contributed by atoms with Crippen molar-refractivity contribution < 1.29 is 0 Å². The van der Waals surface area contributed by atoms with Crippen LogP contribution in [0, 0.1) is 0 Å². The van der Waals surface area contributed by atoms with Gasteiger partial charge in [-0.25, -0.2) is 0 Å². The maximum Gasteiger partial charge on any atom is 0.134 e. The summed E-state index contributed by atoms with van der Waals surface area (Å²) in [7, 11) is 1.93. The van der Waals surface area contributed by atoms with Crippen LogP contribution in [0.5, 0.6) is 0 Å². The Bertz CT molecular complexity index is 275. The van der Waals surface area contributed by atoms with Crippen molar-refractivity contribution in [3.8, 4) is 0 Å². The number of nitrogens with zero attached hydrogens (tertiary/aromatic N) is 2. The summed E-state index contributed by atoms with van der Waals surface area (Å²) < 4.78 is 0. The molecule has 0 bridgehead atoms. The zero-order chi connectivity index (χ0) is 10.1. The monoisotopic (exact) mass is 199 g/mol. The van der Waals surface area contributed by atoms with E-state index in [1.807, 2.05) is 7.05 Å². The van der Waals surface area contributed by atoms with Gasteiger partial charge in [0.25, 0.3) is 0 Å². The summed E-state index contributed by atoms with van der Waals surface area (Å²) >= 11 is 1.69. The molecule has 1 rings (SSSR count). The largest absolute Gasteiger partial charge is 0.311 e. The van der Waals surface area contributed by atoms with Gasteiger partial charge in [0.05, 0.1) is 6.04 Å². The van der Waals surface area contributed by atoms with Gasteiger partial charge in [-0.05, 0) is 14.0 Å². The molecule has 0 aliphatic heterocycles. The molecule has 1 unspecified atom stereocenters. The van der Waals surface area contributed by atoms with Crippen molar-refractivity contribution in [3.63, 3.8) is 0 Å². The topological polar surface area (TPSA) is 37.8 Å². The predicted molar refractivity (Wildman–Crippen MR) is 56.1 cm³/mol. The van der Waals surface area contributed by atoms with Crippen LogP contribution in [0.2, 0.25) is 0 Å². The van der Waals surface area contributed by atoms with Gasteiger partial charge >= 0.3 is 0 Å². The van der Waals surface area contributed by atoms with E-state index in [4.69, 9.17) is 0 Å². The molecule has 1 heterocycles. The molecule has 3 nitrogen and oxygen atoms in total. The highest BCUT2D eigenvalue weighted by Gasteiger charge is 2.20. The summed E-state index contributed by atoms with van der Waals surface area (Å²) in [5.41, 5.74) is 0.114. The Labute approximate surface area is 83.6 Å². The zero-order valence-electron chi connectivity index (χ0n) is 8.88. The number of rotatable bonds is 2. The first-order chi connectivity index (χ1) is 5.95. The number of aromatic nitrogens is 2. The Morgan fingerprint density at radius 3 is 2.31 bits per heavy atom. The lowest BCUT2D eigenvalue weighted by Gasteiger charge is -2.12. The normalized spacial score (nSPS) is 14.5. The SMILES string of the molecule is CNC(C)c1nnc(C(C)(C)C)s1. The first-order valence-corrected chi connectivity index (χ1v) is 5.28. The molecule has 0 spiro atoms. The van der Waals surface area contributed by atoms with Crippen molar-refractivity contribution in [2.24, 2.45) is 0 Å². The van der Waals surface area contributed by atoms with Crippen LogP contribution in [0.15, 0.2) is 0 Å². The van der Waals surface area contributed by atoms with Crippen molar-refractivity contribution >= 4 is 11.3 Å². The highest BCUT2D eigenvalue weighted by Crippen LogP contribution is 2.27. The highest BCUT2D eigenvalue weighted by molar-refractivity contribution is 7.11. The van der Waals surface area contributed by atoms with Crippen LogP contribution in [0.25, 0.3) is 0 Å². The molecule has 0 radical (unpaired) electrons. The van der Waals surface area contributed by atoms with Gasteiger partial charge in [0, 0.05) is 5.41 Å². The van der Waals surface area contributed by atoms with E-state index in [0.717, 1.165) is 10.0 Å². The lowest BCUT2D eigenvalue weighted by atomic mass is 9.98. The summed E-state index contributed by atoms with van der Waals surface area (Å²) in [6.45, 7) is 8.55. The highest BCUT2D eigenvalue weighted by atomic mass is 32.1. The Balaban J connectivity index is 2.87. The molecule has 1 aromatic heterocycles. The average Bonchev–Trinajstić information content (AvgIpc) is 2.50. The van der Waals surface area contributed by atoms with E-state index in [2.05, 4.69) is 43.2 Å². The summed E-state index contributed by atoms with van der Waals surface area (Å²) in [5, 5.41) is 13.7. The van der Waals surface area contributed by atoms with Crippen molar-refractivity contribution in [1.29, 1.82) is 0 Å². The second-order valence-electron chi connectivity index (χ2n) is 4.21. The average molecular weight is 199 g/mol. The summed E-state index contributed by atoms with van der Waals surface area (Å²) in [6, 6.07) is 0.300. The van der Waals surface area contributed by atoms with E-state index < -0.39 is 0 Å². The van der Waals surface area contributed by atoms with Gasteiger partial charge in [0.2, 0.25) is 0 Å². The third-order valence-corrected chi connectivity index (χ3v) is 3.42. The Hall–Kier alpha value is -0.480. The van der Waals surface area contributed by atoms with Crippen molar-refractivity contribution in [1.82, 2.24) is 15.5 Å². The van der Waals surface area contributed by atoms with Gasteiger partial charge in [0.15, 0.2) is 0 Å². The molecule has 0 saturated heterocycles. The van der Waals surface area contributed by atoms with E-state index in [1.54, 1.807) is 11.3 Å². The van der Waals surface area contributed by atoms with Crippen LogP contribution < -0.4 is 5.32 Å². The van der Waals surface area contributed by atoms with E-state index >= 15 is 0 Å². The van der Waals surface area contributed by atoms with Gasteiger partial charge in [-0.3, -0.25) is 0 Å². The molecule has 13 heavy (non-hydrogen) atoms. The molecule has 0 amide bonds. The molecule has 1 aromatic rings. The fourth-order valence-corrected chi connectivity index (χ4v) is 1.80. The van der Waals surface area contributed by atoms with Gasteiger partial charge in [-0.2, -0.15) is 0 Å². The minimum atomic E-state index is 0.114. The standard InChI is InChI=1S/C9H17N3S/c1-6(10-5)7-11-12-8(13-7)9(2,3)4/h6,10H,1-5H3. The second-order valence-corrected chi connectivity index (χ2v) is 5.21. The predicted octanol–water partition coefficient (Wildman–Crippen LogP) is 2.12. The molecule has 4 heteroatoms. The first-order valence-electron chi connectivity index (χ1n) is 4.46. The fraction of sp³-hybridized carbons (Fsp3) is 0.778. The van der Waals surface area contributed by atoms with Gasteiger partial charge in [0.1, 0.15) is 10.0 Å². The van der Waals surface area contributed by atoms with Crippen molar-refractivity contribution in [2.75, 3.05) is 7.05 Å². The van der Waals surface area contributed by atoms with Crippen LogP contribution in [0.1, 0.15) is 43.8 Å². The molecular weight excluding hydrogens is 182 g/mol. The Morgan fingerprint density at radius 1 is 1.31 bits per heavy atom. The van der Waals surface area contributed by atoms with Gasteiger partial charge < -0.3 is 5.32 Å². The van der Waals surface area contributed by atoms with Crippen LogP contribution in [0.3, 0.4) is 0 Å². The summed E-state index contributed by atoms with van der Waals surface area (Å²) in [4.78, 5) is 0. The van der Waals surface area contributed by atoms with Crippen LogP contribution >= 0.6 is 11.3 Å². The minimum Gasteiger partial charge on any atom is -0.311 e. The van der Waals surface area contributed by atoms with E-state index in [1.165, 1.54) is 0 Å². The smallest absolute Gasteiger partial charge is 0.134 e. The summed E-state index contributed by atoms with van der Waals surface area (Å²) in [6.07, 6.45) is 0. The molecular formula is C9H17N3S. The van der Waals surface area contributed by atoms with Crippen molar-refractivity contribution in [3.05, 3.63) is 10.0 Å². The quantitative estimate of drug-likeness (QED) is 0.792. The van der Waals surface area contributed by atoms with Crippen LogP contribution in [-0.2, 0) is 5.41 Å². The van der Waals surface area contributed by atoms with E-state index in [-0.39, 0.29) is 5.41 Å². The Kier molecular flexibility index (Phi) is 3.03. The van der Waals surface area contributed by atoms with E-state index in [9.17, 15) is 0 Å². The third-order valence-electron chi connectivity index (χ3n) is 1.89. The zero-order valence-corrected chi connectivity index (χ0v) is 9.70. The van der Waals surface area contributed by atoms with Gasteiger partial charge in [-0.15, -0.1) is 10.2 Å². The molecule has 1 atom stereocenters. The Morgan fingerprint density at radius 2 is 1.92 bits per heavy atom. The molecule has 0 aromatic carbocycles. The van der Waals surface area contributed by atoms with Crippen LogP contribution in [-0.4, -0.2) is 17.2 Å². The number of nitrogens with one attached hydrogen (secondary N) is 1. The van der Waals surface area contributed by atoms with E-state index in [0.29, 0.717) is 6.04 Å². The molecule has 0 fully saturated rings. The molecule has 1 N–H and O–H groups in total. The lowest BCUT2D eigenvalue weighted by Crippen LogP contribution is -2.11. The molecule has 0 aliphatic carbocycles. The third kappa shape index (κ3) is 2.48. The van der Waals surface area contributed by atoms with Crippen molar-refractivity contribution in [2.45, 2.75) is 39.2 Å². The van der Waals surface area contributed by atoms with Gasteiger partial charge in [-0.1, -0.05) is 32.1 Å². The fourth-order valence-electron chi connectivity index (χ4n) is 0.836. The van der Waals surface area contributed by atoms with Crippen LogP contribution in [0.4, 0.5) is 0 Å². The molecule has 74 valence electrons. The first kappa shape index (κ1) is 10.6. The number of hydrogen-bond donors (Lipinski definition) is 1. The maximum absolute atomic E-state index is 4.19. The maximum atomic E-state index is 4.19.